The molecule has 2 aliphatic heterocycles. The first-order valence-corrected chi connectivity index (χ1v) is 10.8. The summed E-state index contributed by atoms with van der Waals surface area (Å²) in [5.41, 5.74) is 2.66. The zero-order valence-corrected chi connectivity index (χ0v) is 17.7. The van der Waals surface area contributed by atoms with Gasteiger partial charge in [0.05, 0.1) is 6.61 Å². The van der Waals surface area contributed by atoms with Crippen molar-refractivity contribution < 1.29 is 4.74 Å². The maximum Gasteiger partial charge on any atom is 0.225 e. The van der Waals surface area contributed by atoms with E-state index in [4.69, 9.17) is 4.74 Å². The number of hydrogen-bond acceptors (Lipinski definition) is 6. The molecule has 1 fully saturated rings. The summed E-state index contributed by atoms with van der Waals surface area (Å²) in [4.78, 5) is 17.7. The smallest absolute Gasteiger partial charge is 0.225 e. The van der Waals surface area contributed by atoms with Gasteiger partial charge in [-0.1, -0.05) is 12.1 Å². The van der Waals surface area contributed by atoms with E-state index in [1.807, 2.05) is 13.1 Å². The molecule has 1 aromatic carbocycles. The van der Waals surface area contributed by atoms with Gasteiger partial charge < -0.3 is 20.3 Å². The molecule has 0 spiro atoms. The second-order valence-electron chi connectivity index (χ2n) is 7.59. The summed E-state index contributed by atoms with van der Waals surface area (Å²) in [5, 5.41) is 6.84. The van der Waals surface area contributed by atoms with Crippen molar-refractivity contribution in [2.75, 3.05) is 64.4 Å². The fraction of sp³-hybridized carbons (Fsp3) is 0.500. The van der Waals surface area contributed by atoms with Crippen molar-refractivity contribution >= 4 is 11.9 Å². The van der Waals surface area contributed by atoms with Gasteiger partial charge in [-0.15, -0.1) is 0 Å². The Morgan fingerprint density at radius 1 is 1.10 bits per heavy atom. The average molecular weight is 410 g/mol. The summed E-state index contributed by atoms with van der Waals surface area (Å²) in [6.07, 6.45) is 5.59. The van der Waals surface area contributed by atoms with Crippen LogP contribution in [-0.2, 0) is 12.8 Å². The first kappa shape index (κ1) is 20.4. The quantitative estimate of drug-likeness (QED) is 0.521. The zero-order valence-electron chi connectivity index (χ0n) is 17.7. The Kier molecular flexibility index (Phi) is 6.97. The fourth-order valence-corrected chi connectivity index (χ4v) is 3.90. The SMILES string of the molecule is CN=C(NCCc1ccc2c(c1)CCO2)NCCN1CCN(c2ncccn2)CC1. The molecule has 0 saturated carbocycles. The maximum atomic E-state index is 5.58. The molecule has 0 atom stereocenters. The molecule has 0 bridgehead atoms. The normalized spacial score (nSPS) is 16.8. The van der Waals surface area contributed by atoms with Crippen LogP contribution in [0.15, 0.2) is 41.7 Å². The molecule has 0 unspecified atom stereocenters. The van der Waals surface area contributed by atoms with Crippen LogP contribution in [0, 0.1) is 0 Å². The van der Waals surface area contributed by atoms with E-state index in [9.17, 15) is 0 Å². The highest BCUT2D eigenvalue weighted by atomic mass is 16.5. The van der Waals surface area contributed by atoms with Gasteiger partial charge in [-0.25, -0.2) is 9.97 Å². The summed E-state index contributed by atoms with van der Waals surface area (Å²) in [6.45, 7) is 7.50. The van der Waals surface area contributed by atoms with E-state index in [1.54, 1.807) is 12.4 Å². The summed E-state index contributed by atoms with van der Waals surface area (Å²) in [7, 11) is 1.82. The Morgan fingerprint density at radius 2 is 1.90 bits per heavy atom. The van der Waals surface area contributed by atoms with Crippen molar-refractivity contribution in [2.24, 2.45) is 4.99 Å². The zero-order chi connectivity index (χ0) is 20.6. The van der Waals surface area contributed by atoms with Crippen LogP contribution in [0.5, 0.6) is 5.75 Å². The van der Waals surface area contributed by atoms with Gasteiger partial charge in [0.15, 0.2) is 5.96 Å². The van der Waals surface area contributed by atoms with Gasteiger partial charge in [-0.2, -0.15) is 0 Å². The van der Waals surface area contributed by atoms with Crippen molar-refractivity contribution in [3.63, 3.8) is 0 Å². The lowest BCUT2D eigenvalue weighted by Gasteiger charge is -2.34. The predicted molar refractivity (Wildman–Crippen MR) is 119 cm³/mol. The molecule has 1 aromatic heterocycles. The first-order chi connectivity index (χ1) is 14.8. The van der Waals surface area contributed by atoms with Gasteiger partial charge >= 0.3 is 0 Å². The van der Waals surface area contributed by atoms with E-state index in [0.29, 0.717) is 0 Å². The topological polar surface area (TPSA) is 77.9 Å². The Hall–Kier alpha value is -2.87. The van der Waals surface area contributed by atoms with Crippen LogP contribution < -0.4 is 20.3 Å². The molecule has 8 nitrogen and oxygen atoms in total. The van der Waals surface area contributed by atoms with Crippen molar-refractivity contribution in [1.82, 2.24) is 25.5 Å². The second kappa shape index (κ2) is 10.2. The maximum absolute atomic E-state index is 5.58. The minimum absolute atomic E-state index is 0.808. The molecule has 1 saturated heterocycles. The minimum Gasteiger partial charge on any atom is -0.493 e. The Bertz CT molecular complexity index is 835. The number of guanidine groups is 1. The molecule has 4 rings (SSSR count). The van der Waals surface area contributed by atoms with Crippen molar-refractivity contribution in [2.45, 2.75) is 12.8 Å². The van der Waals surface area contributed by atoms with E-state index >= 15 is 0 Å². The van der Waals surface area contributed by atoms with Gasteiger partial charge in [-0.05, 0) is 29.7 Å². The van der Waals surface area contributed by atoms with Gasteiger partial charge in [0, 0.05) is 71.7 Å². The van der Waals surface area contributed by atoms with Crippen molar-refractivity contribution in [3.8, 4) is 5.75 Å². The molecular formula is C22H31N7O. The summed E-state index contributed by atoms with van der Waals surface area (Å²) in [6, 6.07) is 8.36. The predicted octanol–water partition coefficient (Wildman–Crippen LogP) is 0.941. The number of ether oxygens (including phenoxy) is 1. The van der Waals surface area contributed by atoms with Gasteiger partial charge in [0.1, 0.15) is 5.75 Å². The largest absolute Gasteiger partial charge is 0.493 e. The van der Waals surface area contributed by atoms with E-state index in [0.717, 1.165) is 82.9 Å². The standard InChI is InChI=1S/C22H31N7O/c1-23-21(24-9-5-18-3-4-20-19(17-18)6-16-30-20)25-10-11-28-12-14-29(15-13-28)22-26-7-2-8-27-22/h2-4,7-8,17H,5-6,9-16H2,1H3,(H2,23,24,25). The molecule has 2 N–H and O–H groups in total. The number of nitrogens with one attached hydrogen (secondary N) is 2. The van der Waals surface area contributed by atoms with Crippen LogP contribution in [0.4, 0.5) is 5.95 Å². The lowest BCUT2D eigenvalue weighted by atomic mass is 10.1. The van der Waals surface area contributed by atoms with E-state index in [1.165, 1.54) is 11.1 Å². The lowest BCUT2D eigenvalue weighted by Crippen LogP contribution is -2.49. The summed E-state index contributed by atoms with van der Waals surface area (Å²) >= 11 is 0. The number of hydrogen-bond donors (Lipinski definition) is 2. The molecule has 30 heavy (non-hydrogen) atoms. The second-order valence-corrected chi connectivity index (χ2v) is 7.59. The third-order valence-corrected chi connectivity index (χ3v) is 5.61. The van der Waals surface area contributed by atoms with E-state index in [2.05, 4.69) is 53.6 Å². The van der Waals surface area contributed by atoms with Crippen LogP contribution >= 0.6 is 0 Å². The third kappa shape index (κ3) is 5.38. The number of aromatic nitrogens is 2. The number of aliphatic imine (C=N–C) groups is 1. The molecule has 3 heterocycles. The van der Waals surface area contributed by atoms with Gasteiger partial charge in [0.25, 0.3) is 0 Å². The first-order valence-electron chi connectivity index (χ1n) is 10.8. The molecule has 0 amide bonds. The highest BCUT2D eigenvalue weighted by Crippen LogP contribution is 2.25. The number of benzene rings is 1. The summed E-state index contributed by atoms with van der Waals surface area (Å²) in [5.74, 6) is 2.73. The van der Waals surface area contributed by atoms with Crippen LogP contribution in [0.3, 0.4) is 0 Å². The molecule has 160 valence electrons. The monoisotopic (exact) mass is 409 g/mol. The highest BCUT2D eigenvalue weighted by molar-refractivity contribution is 5.79. The third-order valence-electron chi connectivity index (χ3n) is 5.61. The van der Waals surface area contributed by atoms with Gasteiger partial charge in [-0.3, -0.25) is 9.89 Å². The number of rotatable bonds is 7. The lowest BCUT2D eigenvalue weighted by molar-refractivity contribution is 0.260. The Labute approximate surface area is 178 Å². The van der Waals surface area contributed by atoms with Crippen LogP contribution in [-0.4, -0.2) is 80.3 Å². The number of piperazine rings is 1. The fourth-order valence-electron chi connectivity index (χ4n) is 3.90. The number of nitrogens with zero attached hydrogens (tertiary/aromatic N) is 5. The molecule has 2 aromatic rings. The van der Waals surface area contributed by atoms with Crippen LogP contribution in [0.1, 0.15) is 11.1 Å². The Morgan fingerprint density at radius 3 is 2.70 bits per heavy atom. The van der Waals surface area contributed by atoms with Crippen LogP contribution in [0.2, 0.25) is 0 Å². The van der Waals surface area contributed by atoms with Gasteiger partial charge in [0.2, 0.25) is 5.95 Å². The summed E-state index contributed by atoms with van der Waals surface area (Å²) < 4.78 is 5.58. The van der Waals surface area contributed by atoms with Crippen molar-refractivity contribution in [3.05, 3.63) is 47.8 Å². The minimum atomic E-state index is 0.808. The van der Waals surface area contributed by atoms with E-state index < -0.39 is 0 Å². The van der Waals surface area contributed by atoms with E-state index in [-0.39, 0.29) is 0 Å². The van der Waals surface area contributed by atoms with Crippen LogP contribution in [0.25, 0.3) is 0 Å². The molecule has 0 aliphatic carbocycles. The highest BCUT2D eigenvalue weighted by Gasteiger charge is 2.18. The van der Waals surface area contributed by atoms with Crippen molar-refractivity contribution in [1.29, 1.82) is 0 Å². The molecule has 8 heteroatoms. The molecule has 0 radical (unpaired) electrons. The average Bonchev–Trinajstić information content (AvgIpc) is 3.27. The molecular weight excluding hydrogens is 378 g/mol. The number of anilines is 1. The molecule has 2 aliphatic rings. The number of fused-ring (bicyclic) bond motifs is 1. The Balaban J connectivity index is 1.12.